The summed E-state index contributed by atoms with van der Waals surface area (Å²) >= 11 is 0. The van der Waals surface area contributed by atoms with Gasteiger partial charge in [-0.05, 0) is 44.6 Å². The zero-order valence-corrected chi connectivity index (χ0v) is 13.6. The molecule has 1 unspecified atom stereocenters. The average Bonchev–Trinajstić information content (AvgIpc) is 2.80. The number of ether oxygens (including phenoxy) is 1. The predicted molar refractivity (Wildman–Crippen MR) is 84.1 cm³/mol. The highest BCUT2D eigenvalue weighted by molar-refractivity contribution is 5.28. The maximum absolute atomic E-state index is 6.14. The van der Waals surface area contributed by atoms with Crippen molar-refractivity contribution in [1.29, 1.82) is 0 Å². The summed E-state index contributed by atoms with van der Waals surface area (Å²) in [5.41, 5.74) is 10.1. The Hall–Kier alpha value is -0.870. The highest BCUT2D eigenvalue weighted by Crippen LogP contribution is 2.19. The normalized spacial score (nSPS) is 12.8. The van der Waals surface area contributed by atoms with Crippen molar-refractivity contribution in [1.82, 2.24) is 9.78 Å². The third kappa shape index (κ3) is 4.60. The maximum atomic E-state index is 6.14. The molecule has 1 aromatic rings. The van der Waals surface area contributed by atoms with E-state index in [1.807, 2.05) is 6.92 Å². The molecule has 20 heavy (non-hydrogen) atoms. The standard InChI is InChI=1S/C16H31N3O/c1-5-13(17)12-14-15(6-2)18-19(16(14)7-3)10-9-11-20-8-4/h13H,5-12,17H2,1-4H3. The van der Waals surface area contributed by atoms with Gasteiger partial charge in [-0.2, -0.15) is 5.10 Å². The first-order valence-corrected chi connectivity index (χ1v) is 8.08. The van der Waals surface area contributed by atoms with Crippen LogP contribution >= 0.6 is 0 Å². The summed E-state index contributed by atoms with van der Waals surface area (Å²) in [6.45, 7) is 11.1. The van der Waals surface area contributed by atoms with Crippen molar-refractivity contribution >= 4 is 0 Å². The fourth-order valence-electron chi connectivity index (χ4n) is 2.56. The van der Waals surface area contributed by atoms with Gasteiger partial charge in [0.1, 0.15) is 0 Å². The molecule has 116 valence electrons. The van der Waals surface area contributed by atoms with Gasteiger partial charge in [-0.1, -0.05) is 20.8 Å². The Bertz CT molecular complexity index is 387. The molecular formula is C16H31N3O. The van der Waals surface area contributed by atoms with Crippen LogP contribution in [0.4, 0.5) is 0 Å². The van der Waals surface area contributed by atoms with Crippen molar-refractivity contribution < 1.29 is 4.74 Å². The molecule has 1 aromatic heterocycles. The van der Waals surface area contributed by atoms with Gasteiger partial charge in [0.05, 0.1) is 5.69 Å². The summed E-state index contributed by atoms with van der Waals surface area (Å²) in [7, 11) is 0. The zero-order chi connectivity index (χ0) is 15.0. The average molecular weight is 281 g/mol. The maximum Gasteiger partial charge on any atom is 0.0657 e. The highest BCUT2D eigenvalue weighted by Gasteiger charge is 2.17. The van der Waals surface area contributed by atoms with Gasteiger partial charge < -0.3 is 10.5 Å². The van der Waals surface area contributed by atoms with E-state index >= 15 is 0 Å². The third-order valence-electron chi connectivity index (χ3n) is 3.77. The van der Waals surface area contributed by atoms with Gasteiger partial charge in [0.25, 0.3) is 0 Å². The highest BCUT2D eigenvalue weighted by atomic mass is 16.5. The van der Waals surface area contributed by atoms with Crippen molar-refractivity contribution in [3.05, 3.63) is 17.0 Å². The quantitative estimate of drug-likeness (QED) is 0.671. The lowest BCUT2D eigenvalue weighted by atomic mass is 10.00. The minimum absolute atomic E-state index is 0.242. The third-order valence-corrected chi connectivity index (χ3v) is 3.77. The molecule has 0 aliphatic carbocycles. The van der Waals surface area contributed by atoms with Gasteiger partial charge in [-0.3, -0.25) is 4.68 Å². The fraction of sp³-hybridized carbons (Fsp3) is 0.812. The van der Waals surface area contributed by atoms with Gasteiger partial charge in [0.15, 0.2) is 0 Å². The van der Waals surface area contributed by atoms with E-state index in [0.29, 0.717) is 0 Å². The minimum atomic E-state index is 0.242. The lowest BCUT2D eigenvalue weighted by Gasteiger charge is -2.11. The van der Waals surface area contributed by atoms with Crippen molar-refractivity contribution in [3.8, 4) is 0 Å². The largest absolute Gasteiger partial charge is 0.382 e. The second kappa shape index (κ2) is 9.14. The van der Waals surface area contributed by atoms with Crippen LogP contribution in [-0.4, -0.2) is 29.0 Å². The molecule has 1 heterocycles. The molecule has 0 amide bonds. The van der Waals surface area contributed by atoms with Crippen LogP contribution in [0.2, 0.25) is 0 Å². The molecule has 0 aromatic carbocycles. The molecule has 0 spiro atoms. The van der Waals surface area contributed by atoms with E-state index < -0.39 is 0 Å². The summed E-state index contributed by atoms with van der Waals surface area (Å²) in [6, 6.07) is 0.242. The summed E-state index contributed by atoms with van der Waals surface area (Å²) in [5.74, 6) is 0. The van der Waals surface area contributed by atoms with E-state index in [4.69, 9.17) is 15.6 Å². The van der Waals surface area contributed by atoms with Crippen LogP contribution < -0.4 is 5.73 Å². The van der Waals surface area contributed by atoms with Crippen molar-refractivity contribution in [2.24, 2.45) is 5.73 Å². The van der Waals surface area contributed by atoms with Crippen LogP contribution in [0.15, 0.2) is 0 Å². The predicted octanol–water partition coefficient (Wildman–Crippen LogP) is 2.71. The molecular weight excluding hydrogens is 250 g/mol. The van der Waals surface area contributed by atoms with Crippen LogP contribution in [0.25, 0.3) is 0 Å². The second-order valence-corrected chi connectivity index (χ2v) is 5.23. The smallest absolute Gasteiger partial charge is 0.0657 e. The number of rotatable bonds is 10. The first-order valence-electron chi connectivity index (χ1n) is 8.08. The Morgan fingerprint density at radius 2 is 1.95 bits per heavy atom. The fourth-order valence-corrected chi connectivity index (χ4v) is 2.56. The number of nitrogens with zero attached hydrogens (tertiary/aromatic N) is 2. The topological polar surface area (TPSA) is 53.1 Å². The van der Waals surface area contributed by atoms with E-state index in [1.165, 1.54) is 17.0 Å². The zero-order valence-electron chi connectivity index (χ0n) is 13.6. The van der Waals surface area contributed by atoms with Gasteiger partial charge in [-0.15, -0.1) is 0 Å². The van der Waals surface area contributed by atoms with Crippen LogP contribution in [0, 0.1) is 0 Å². The van der Waals surface area contributed by atoms with Crippen molar-refractivity contribution in [2.75, 3.05) is 13.2 Å². The van der Waals surface area contributed by atoms with Crippen LogP contribution in [0.3, 0.4) is 0 Å². The summed E-state index contributed by atoms with van der Waals surface area (Å²) in [5, 5.41) is 4.79. The summed E-state index contributed by atoms with van der Waals surface area (Å²) in [6.07, 6.45) is 4.99. The SMILES string of the molecule is CCOCCCn1nc(CC)c(CC(N)CC)c1CC. The molecule has 4 nitrogen and oxygen atoms in total. The van der Waals surface area contributed by atoms with Gasteiger partial charge in [0, 0.05) is 31.5 Å². The van der Waals surface area contributed by atoms with Gasteiger partial charge >= 0.3 is 0 Å². The van der Waals surface area contributed by atoms with Crippen LogP contribution in [0.5, 0.6) is 0 Å². The molecule has 0 fully saturated rings. The number of aromatic nitrogens is 2. The lowest BCUT2D eigenvalue weighted by Crippen LogP contribution is -2.22. The molecule has 0 saturated heterocycles. The number of hydrogen-bond donors (Lipinski definition) is 1. The molecule has 0 radical (unpaired) electrons. The first-order chi connectivity index (χ1) is 9.67. The van der Waals surface area contributed by atoms with Crippen LogP contribution in [-0.2, 0) is 30.5 Å². The number of hydrogen-bond acceptors (Lipinski definition) is 3. The Kier molecular flexibility index (Phi) is 7.85. The monoisotopic (exact) mass is 281 g/mol. The second-order valence-electron chi connectivity index (χ2n) is 5.23. The molecule has 2 N–H and O–H groups in total. The Morgan fingerprint density at radius 3 is 2.50 bits per heavy atom. The summed E-state index contributed by atoms with van der Waals surface area (Å²) < 4.78 is 7.59. The van der Waals surface area contributed by atoms with E-state index in [-0.39, 0.29) is 6.04 Å². The minimum Gasteiger partial charge on any atom is -0.382 e. The molecule has 0 aliphatic rings. The Balaban J connectivity index is 2.83. The molecule has 1 rings (SSSR count). The van der Waals surface area contributed by atoms with Crippen molar-refractivity contribution in [2.45, 2.75) is 72.4 Å². The lowest BCUT2D eigenvalue weighted by molar-refractivity contribution is 0.140. The number of aryl methyl sites for hydroxylation is 2. The van der Waals surface area contributed by atoms with Crippen LogP contribution in [0.1, 0.15) is 57.5 Å². The Labute approximate surface area is 123 Å². The first kappa shape index (κ1) is 17.2. The van der Waals surface area contributed by atoms with Crippen molar-refractivity contribution in [3.63, 3.8) is 0 Å². The van der Waals surface area contributed by atoms with Gasteiger partial charge in [0.2, 0.25) is 0 Å². The molecule has 0 bridgehead atoms. The molecule has 1 atom stereocenters. The summed E-state index contributed by atoms with van der Waals surface area (Å²) in [4.78, 5) is 0. The van der Waals surface area contributed by atoms with Gasteiger partial charge in [-0.25, -0.2) is 0 Å². The van der Waals surface area contributed by atoms with E-state index in [1.54, 1.807) is 0 Å². The van der Waals surface area contributed by atoms with E-state index in [9.17, 15) is 0 Å². The molecule has 0 saturated carbocycles. The van der Waals surface area contributed by atoms with E-state index in [2.05, 4.69) is 25.5 Å². The number of nitrogens with two attached hydrogens (primary N) is 1. The Morgan fingerprint density at radius 1 is 1.20 bits per heavy atom. The molecule has 0 aliphatic heterocycles. The molecule has 4 heteroatoms. The van der Waals surface area contributed by atoms with E-state index in [0.717, 1.165) is 51.9 Å².